The van der Waals surface area contributed by atoms with Crippen molar-refractivity contribution in [3.8, 4) is 11.1 Å². The van der Waals surface area contributed by atoms with Crippen LogP contribution < -0.4 is 5.73 Å². The number of rotatable bonds is 1. The third-order valence-electron chi connectivity index (χ3n) is 2.93. The van der Waals surface area contributed by atoms with Crippen LogP contribution in [0, 0.1) is 0 Å². The Kier molecular flexibility index (Phi) is 2.65. The molecule has 0 aliphatic carbocycles. The molecule has 0 aliphatic rings. The molecule has 0 atom stereocenters. The van der Waals surface area contributed by atoms with Gasteiger partial charge in [0.15, 0.2) is 0 Å². The summed E-state index contributed by atoms with van der Waals surface area (Å²) in [4.78, 5) is 4.35. The molecule has 1 heterocycles. The molecule has 0 aliphatic heterocycles. The van der Waals surface area contributed by atoms with Crippen molar-refractivity contribution < 1.29 is 0 Å². The largest absolute Gasteiger partial charge is 0.399 e. The average molecular weight is 255 g/mol. The molecule has 2 N–H and O–H groups in total. The summed E-state index contributed by atoms with van der Waals surface area (Å²) in [6.07, 6.45) is 1.79. The van der Waals surface area contributed by atoms with Gasteiger partial charge in [-0.05, 0) is 29.8 Å². The minimum Gasteiger partial charge on any atom is -0.399 e. The number of aromatic nitrogens is 1. The predicted molar refractivity (Wildman–Crippen MR) is 76.6 cm³/mol. The maximum atomic E-state index is 6.26. The standard InChI is InChI=1S/C15H11ClN2/c16-14-9-10(17)6-7-12(14)11-3-1-5-15-13(11)4-2-8-18-15/h1-9H,17H2. The van der Waals surface area contributed by atoms with Crippen LogP contribution in [0.1, 0.15) is 0 Å². The van der Waals surface area contributed by atoms with Crippen molar-refractivity contribution in [2.75, 3.05) is 5.73 Å². The van der Waals surface area contributed by atoms with Crippen LogP contribution in [-0.2, 0) is 0 Å². The zero-order valence-electron chi connectivity index (χ0n) is 9.60. The summed E-state index contributed by atoms with van der Waals surface area (Å²) in [6.45, 7) is 0. The highest BCUT2D eigenvalue weighted by Gasteiger charge is 2.07. The molecule has 0 amide bonds. The molecule has 1 aromatic heterocycles. The van der Waals surface area contributed by atoms with Gasteiger partial charge in [-0.15, -0.1) is 0 Å². The van der Waals surface area contributed by atoms with Crippen molar-refractivity contribution in [1.82, 2.24) is 4.98 Å². The number of pyridine rings is 1. The summed E-state index contributed by atoms with van der Waals surface area (Å²) in [6, 6.07) is 15.6. The molecule has 0 fully saturated rings. The molecule has 2 aromatic carbocycles. The Labute approximate surface area is 110 Å². The number of halogens is 1. The van der Waals surface area contributed by atoms with Crippen LogP contribution in [0.5, 0.6) is 0 Å². The second-order valence-electron chi connectivity index (χ2n) is 4.11. The van der Waals surface area contributed by atoms with Crippen molar-refractivity contribution in [2.45, 2.75) is 0 Å². The Morgan fingerprint density at radius 3 is 2.67 bits per heavy atom. The Morgan fingerprint density at radius 2 is 1.83 bits per heavy atom. The molecule has 0 unspecified atom stereocenters. The zero-order valence-corrected chi connectivity index (χ0v) is 10.4. The first-order valence-corrected chi connectivity index (χ1v) is 6.02. The first kappa shape index (κ1) is 11.1. The van der Waals surface area contributed by atoms with E-state index in [1.807, 2.05) is 42.5 Å². The van der Waals surface area contributed by atoms with Crippen molar-refractivity contribution in [3.63, 3.8) is 0 Å². The van der Waals surface area contributed by atoms with E-state index in [0.29, 0.717) is 10.7 Å². The van der Waals surface area contributed by atoms with Crippen molar-refractivity contribution in [1.29, 1.82) is 0 Å². The summed E-state index contributed by atoms with van der Waals surface area (Å²) < 4.78 is 0. The second-order valence-corrected chi connectivity index (χ2v) is 4.52. The second kappa shape index (κ2) is 4.31. The Balaban J connectivity index is 2.31. The van der Waals surface area contributed by atoms with Crippen molar-refractivity contribution in [2.24, 2.45) is 0 Å². The number of nitrogen functional groups attached to an aromatic ring is 1. The van der Waals surface area contributed by atoms with E-state index in [4.69, 9.17) is 17.3 Å². The average Bonchev–Trinajstić information content (AvgIpc) is 2.38. The number of nitrogens with two attached hydrogens (primary N) is 1. The molecule has 0 radical (unpaired) electrons. The molecule has 2 nitrogen and oxygen atoms in total. The predicted octanol–water partition coefficient (Wildman–Crippen LogP) is 4.14. The van der Waals surface area contributed by atoms with Crippen LogP contribution in [0.2, 0.25) is 5.02 Å². The van der Waals surface area contributed by atoms with Gasteiger partial charge in [-0.25, -0.2) is 0 Å². The maximum Gasteiger partial charge on any atom is 0.0708 e. The highest BCUT2D eigenvalue weighted by molar-refractivity contribution is 6.34. The number of hydrogen-bond acceptors (Lipinski definition) is 2. The topological polar surface area (TPSA) is 38.9 Å². The lowest BCUT2D eigenvalue weighted by Crippen LogP contribution is -1.87. The molecular formula is C15H11ClN2. The van der Waals surface area contributed by atoms with Gasteiger partial charge in [0.1, 0.15) is 0 Å². The Hall–Kier alpha value is -2.06. The fraction of sp³-hybridized carbons (Fsp3) is 0. The van der Waals surface area contributed by atoms with Crippen LogP contribution in [-0.4, -0.2) is 4.98 Å². The van der Waals surface area contributed by atoms with Crippen molar-refractivity contribution in [3.05, 3.63) is 59.8 Å². The van der Waals surface area contributed by atoms with Gasteiger partial charge in [-0.2, -0.15) is 0 Å². The molecular weight excluding hydrogens is 244 g/mol. The van der Waals surface area contributed by atoms with Crippen LogP contribution in [0.3, 0.4) is 0 Å². The van der Waals surface area contributed by atoms with Crippen LogP contribution in [0.4, 0.5) is 5.69 Å². The van der Waals surface area contributed by atoms with E-state index >= 15 is 0 Å². The fourth-order valence-corrected chi connectivity index (χ4v) is 2.38. The lowest BCUT2D eigenvalue weighted by Gasteiger charge is -2.08. The highest BCUT2D eigenvalue weighted by Crippen LogP contribution is 2.33. The summed E-state index contributed by atoms with van der Waals surface area (Å²) in [5.74, 6) is 0. The van der Waals surface area contributed by atoms with Crippen LogP contribution in [0.15, 0.2) is 54.7 Å². The van der Waals surface area contributed by atoms with Gasteiger partial charge >= 0.3 is 0 Å². The van der Waals surface area contributed by atoms with E-state index in [2.05, 4.69) is 4.98 Å². The molecule has 3 aromatic rings. The normalized spacial score (nSPS) is 10.7. The third kappa shape index (κ3) is 1.81. The molecule has 3 heteroatoms. The fourth-order valence-electron chi connectivity index (χ4n) is 2.09. The summed E-state index contributed by atoms with van der Waals surface area (Å²) >= 11 is 6.26. The van der Waals surface area contributed by atoms with E-state index in [0.717, 1.165) is 22.0 Å². The van der Waals surface area contributed by atoms with Gasteiger partial charge in [0.2, 0.25) is 0 Å². The SMILES string of the molecule is Nc1ccc(-c2cccc3ncccc23)c(Cl)c1. The molecule has 3 rings (SSSR count). The molecule has 0 saturated carbocycles. The molecule has 0 spiro atoms. The summed E-state index contributed by atoms with van der Waals surface area (Å²) in [5, 5.41) is 1.75. The number of benzene rings is 2. The number of nitrogens with zero attached hydrogens (tertiary/aromatic N) is 1. The minimum absolute atomic E-state index is 0.659. The summed E-state index contributed by atoms with van der Waals surface area (Å²) in [7, 11) is 0. The van der Waals surface area contributed by atoms with E-state index in [9.17, 15) is 0 Å². The summed E-state index contributed by atoms with van der Waals surface area (Å²) in [5.41, 5.74) is 9.40. The lowest BCUT2D eigenvalue weighted by atomic mass is 10.0. The molecule has 88 valence electrons. The third-order valence-corrected chi connectivity index (χ3v) is 3.24. The van der Waals surface area contributed by atoms with Crippen LogP contribution in [0.25, 0.3) is 22.0 Å². The van der Waals surface area contributed by atoms with Gasteiger partial charge < -0.3 is 5.73 Å². The van der Waals surface area contributed by atoms with Gasteiger partial charge in [0.05, 0.1) is 10.5 Å². The van der Waals surface area contributed by atoms with Gasteiger partial charge in [-0.3, -0.25) is 4.98 Å². The van der Waals surface area contributed by atoms with E-state index < -0.39 is 0 Å². The maximum absolute atomic E-state index is 6.26. The van der Waals surface area contributed by atoms with Gasteiger partial charge in [0, 0.05) is 22.8 Å². The number of hydrogen-bond donors (Lipinski definition) is 1. The van der Waals surface area contributed by atoms with E-state index in [1.165, 1.54) is 0 Å². The first-order chi connectivity index (χ1) is 8.75. The van der Waals surface area contributed by atoms with Gasteiger partial charge in [0.25, 0.3) is 0 Å². The monoisotopic (exact) mass is 254 g/mol. The smallest absolute Gasteiger partial charge is 0.0708 e. The van der Waals surface area contributed by atoms with E-state index in [1.54, 1.807) is 12.3 Å². The quantitative estimate of drug-likeness (QED) is 0.663. The Bertz CT molecular complexity index is 717. The number of fused-ring (bicyclic) bond motifs is 1. The van der Waals surface area contributed by atoms with Gasteiger partial charge in [-0.1, -0.05) is 35.9 Å². The first-order valence-electron chi connectivity index (χ1n) is 5.65. The van der Waals surface area contributed by atoms with Crippen molar-refractivity contribution >= 4 is 28.2 Å². The lowest BCUT2D eigenvalue weighted by molar-refractivity contribution is 1.41. The molecule has 18 heavy (non-hydrogen) atoms. The molecule has 0 saturated heterocycles. The van der Waals surface area contributed by atoms with E-state index in [-0.39, 0.29) is 0 Å². The Morgan fingerprint density at radius 1 is 0.944 bits per heavy atom. The number of anilines is 1. The molecule has 0 bridgehead atoms. The highest BCUT2D eigenvalue weighted by atomic mass is 35.5. The minimum atomic E-state index is 0.659. The zero-order chi connectivity index (χ0) is 12.5. The van der Waals surface area contributed by atoms with Crippen LogP contribution >= 0.6 is 11.6 Å².